The number of thiophene rings is 1. The third-order valence-corrected chi connectivity index (χ3v) is 7.02. The van der Waals surface area contributed by atoms with Crippen molar-refractivity contribution in [3.05, 3.63) is 45.6 Å². The summed E-state index contributed by atoms with van der Waals surface area (Å²) in [5.74, 6) is 1.22. The Labute approximate surface area is 173 Å². The molecule has 0 bridgehead atoms. The van der Waals surface area contributed by atoms with Crippen molar-refractivity contribution >= 4 is 34.7 Å². The van der Waals surface area contributed by atoms with Gasteiger partial charge >= 0.3 is 0 Å². The van der Waals surface area contributed by atoms with E-state index >= 15 is 0 Å². The second kappa shape index (κ2) is 8.49. The Morgan fingerprint density at radius 3 is 2.96 bits per heavy atom. The van der Waals surface area contributed by atoms with Crippen LogP contribution < -0.4 is 5.32 Å². The Hall–Kier alpha value is -2.12. The maximum Gasteiger partial charge on any atom is 0.234 e. The zero-order valence-corrected chi connectivity index (χ0v) is 17.8. The lowest BCUT2D eigenvalue weighted by molar-refractivity contribution is -0.113. The van der Waals surface area contributed by atoms with Crippen LogP contribution in [0.15, 0.2) is 34.8 Å². The number of benzene rings is 1. The number of nitrogens with zero attached hydrogens (tertiary/aromatic N) is 3. The first-order valence-corrected chi connectivity index (χ1v) is 11.5. The lowest BCUT2D eigenvalue weighted by Crippen LogP contribution is -2.14. The fourth-order valence-corrected chi connectivity index (χ4v) is 5.54. The van der Waals surface area contributed by atoms with Crippen LogP contribution in [0.3, 0.4) is 0 Å². The minimum atomic E-state index is -0.0317. The number of nitrogens with one attached hydrogen (secondary N) is 1. The van der Waals surface area contributed by atoms with Crippen molar-refractivity contribution in [2.24, 2.45) is 0 Å². The van der Waals surface area contributed by atoms with Gasteiger partial charge in [0.15, 0.2) is 11.0 Å². The van der Waals surface area contributed by atoms with Crippen LogP contribution in [0.2, 0.25) is 0 Å². The van der Waals surface area contributed by atoms with Gasteiger partial charge in [-0.1, -0.05) is 23.9 Å². The fourth-order valence-electron chi connectivity index (χ4n) is 3.61. The minimum Gasteiger partial charge on any atom is -0.325 e. The Balaban J connectivity index is 1.47. The number of thioether (sulfide) groups is 1. The SMILES string of the molecule is CCn1c(SCC(=O)Nc2cccc(C)c2)nnc1-c1csc2c1CCCC2. The van der Waals surface area contributed by atoms with Gasteiger partial charge < -0.3 is 9.88 Å². The molecule has 0 saturated carbocycles. The van der Waals surface area contributed by atoms with Crippen LogP contribution in [0.4, 0.5) is 5.69 Å². The highest BCUT2D eigenvalue weighted by Crippen LogP contribution is 2.36. The zero-order valence-electron chi connectivity index (χ0n) is 16.2. The molecule has 1 aliphatic carbocycles. The number of aryl methyl sites for hydroxylation is 2. The largest absolute Gasteiger partial charge is 0.325 e. The van der Waals surface area contributed by atoms with E-state index in [9.17, 15) is 4.79 Å². The van der Waals surface area contributed by atoms with E-state index in [0.29, 0.717) is 5.75 Å². The Kier molecular flexibility index (Phi) is 5.82. The predicted molar refractivity (Wildman–Crippen MR) is 116 cm³/mol. The van der Waals surface area contributed by atoms with E-state index in [2.05, 4.69) is 32.4 Å². The molecule has 3 aromatic rings. The highest BCUT2D eigenvalue weighted by atomic mass is 32.2. The molecule has 2 heterocycles. The van der Waals surface area contributed by atoms with E-state index in [1.54, 1.807) is 0 Å². The summed E-state index contributed by atoms with van der Waals surface area (Å²) >= 11 is 3.28. The van der Waals surface area contributed by atoms with Crippen LogP contribution in [-0.4, -0.2) is 26.4 Å². The van der Waals surface area contributed by atoms with Gasteiger partial charge in [-0.3, -0.25) is 4.79 Å². The van der Waals surface area contributed by atoms with Gasteiger partial charge in [0.25, 0.3) is 0 Å². The quantitative estimate of drug-likeness (QED) is 0.582. The van der Waals surface area contributed by atoms with Gasteiger partial charge in [-0.25, -0.2) is 0 Å². The van der Waals surface area contributed by atoms with Crippen molar-refractivity contribution in [1.29, 1.82) is 0 Å². The van der Waals surface area contributed by atoms with Gasteiger partial charge in [-0.05, 0) is 62.8 Å². The molecule has 0 fully saturated rings. The summed E-state index contributed by atoms with van der Waals surface area (Å²) in [6.07, 6.45) is 4.84. The number of rotatable bonds is 6. The zero-order chi connectivity index (χ0) is 19.5. The van der Waals surface area contributed by atoms with E-state index in [-0.39, 0.29) is 5.91 Å². The molecule has 4 rings (SSSR count). The van der Waals surface area contributed by atoms with Crippen molar-refractivity contribution < 1.29 is 4.79 Å². The molecule has 28 heavy (non-hydrogen) atoms. The van der Waals surface area contributed by atoms with Crippen LogP contribution in [-0.2, 0) is 24.2 Å². The monoisotopic (exact) mass is 412 g/mol. The molecule has 7 heteroatoms. The van der Waals surface area contributed by atoms with Crippen LogP contribution >= 0.6 is 23.1 Å². The average Bonchev–Trinajstić information content (AvgIpc) is 3.29. The molecule has 1 amide bonds. The van der Waals surface area contributed by atoms with Gasteiger partial charge in [0, 0.05) is 28.1 Å². The molecule has 0 saturated heterocycles. The molecule has 1 aromatic carbocycles. The van der Waals surface area contributed by atoms with Crippen LogP contribution in [0.25, 0.3) is 11.4 Å². The third kappa shape index (κ3) is 4.00. The van der Waals surface area contributed by atoms with Crippen molar-refractivity contribution in [2.75, 3.05) is 11.1 Å². The van der Waals surface area contributed by atoms with Gasteiger partial charge in [0.05, 0.1) is 5.75 Å². The molecule has 2 aromatic heterocycles. The van der Waals surface area contributed by atoms with Crippen molar-refractivity contribution in [3.8, 4) is 11.4 Å². The van der Waals surface area contributed by atoms with Crippen LogP contribution in [0, 0.1) is 6.92 Å². The molecule has 0 atom stereocenters. The molecule has 0 unspecified atom stereocenters. The highest BCUT2D eigenvalue weighted by molar-refractivity contribution is 7.99. The average molecular weight is 413 g/mol. The summed E-state index contributed by atoms with van der Waals surface area (Å²) in [5, 5.41) is 14.8. The Bertz CT molecular complexity index is 992. The first-order chi connectivity index (χ1) is 13.7. The van der Waals surface area contributed by atoms with Gasteiger partial charge in [0.1, 0.15) is 0 Å². The highest BCUT2D eigenvalue weighted by Gasteiger charge is 2.22. The number of hydrogen-bond acceptors (Lipinski definition) is 5. The first-order valence-electron chi connectivity index (χ1n) is 9.68. The van der Waals surface area contributed by atoms with Gasteiger partial charge in [0.2, 0.25) is 5.91 Å². The molecular formula is C21H24N4OS2. The predicted octanol–water partition coefficient (Wildman–Crippen LogP) is 4.94. The number of anilines is 1. The number of amides is 1. The summed E-state index contributed by atoms with van der Waals surface area (Å²) in [6.45, 7) is 4.90. The molecule has 5 nitrogen and oxygen atoms in total. The standard InChI is InChI=1S/C21H24N4OS2/c1-3-25-20(17-12-27-18-10-5-4-9-16(17)18)23-24-21(25)28-13-19(26)22-15-8-6-7-14(2)11-15/h6-8,11-12H,3-5,9-10,13H2,1-2H3,(H,22,26). The lowest BCUT2D eigenvalue weighted by Gasteiger charge is -2.13. The summed E-state index contributed by atoms with van der Waals surface area (Å²) < 4.78 is 2.13. The molecule has 146 valence electrons. The van der Waals surface area contributed by atoms with E-state index in [4.69, 9.17) is 0 Å². The number of carbonyl (C=O) groups is 1. The van der Waals surface area contributed by atoms with Gasteiger partial charge in [-0.2, -0.15) is 0 Å². The maximum atomic E-state index is 12.3. The normalized spacial score (nSPS) is 13.4. The second-order valence-electron chi connectivity index (χ2n) is 7.01. The smallest absolute Gasteiger partial charge is 0.234 e. The summed E-state index contributed by atoms with van der Waals surface area (Å²) in [6, 6.07) is 7.83. The number of hydrogen-bond donors (Lipinski definition) is 1. The van der Waals surface area contributed by atoms with E-state index < -0.39 is 0 Å². The number of fused-ring (bicyclic) bond motifs is 1. The molecule has 0 radical (unpaired) electrons. The molecule has 1 N–H and O–H groups in total. The number of aromatic nitrogens is 3. The summed E-state index contributed by atoms with van der Waals surface area (Å²) in [7, 11) is 0. The Morgan fingerprint density at radius 2 is 2.14 bits per heavy atom. The number of carbonyl (C=O) groups excluding carboxylic acids is 1. The van der Waals surface area contributed by atoms with Crippen LogP contribution in [0.1, 0.15) is 35.8 Å². The fraction of sp³-hybridized carbons (Fsp3) is 0.381. The van der Waals surface area contributed by atoms with E-state index in [1.807, 2.05) is 42.5 Å². The first kappa shape index (κ1) is 19.2. The van der Waals surface area contributed by atoms with Crippen LogP contribution in [0.5, 0.6) is 0 Å². The second-order valence-corrected chi connectivity index (χ2v) is 8.92. The minimum absolute atomic E-state index is 0.0317. The maximum absolute atomic E-state index is 12.3. The molecule has 0 spiro atoms. The topological polar surface area (TPSA) is 59.8 Å². The summed E-state index contributed by atoms with van der Waals surface area (Å²) in [5.41, 5.74) is 4.63. The van der Waals surface area contributed by atoms with Crippen molar-refractivity contribution in [3.63, 3.8) is 0 Å². The van der Waals surface area contributed by atoms with E-state index in [1.165, 1.54) is 47.0 Å². The van der Waals surface area contributed by atoms with Gasteiger partial charge in [-0.15, -0.1) is 21.5 Å². The molecular weight excluding hydrogens is 388 g/mol. The molecule has 1 aliphatic rings. The van der Waals surface area contributed by atoms with Crippen molar-refractivity contribution in [2.45, 2.75) is 51.2 Å². The van der Waals surface area contributed by atoms with E-state index in [0.717, 1.165) is 35.2 Å². The third-order valence-electron chi connectivity index (χ3n) is 4.97. The summed E-state index contributed by atoms with van der Waals surface area (Å²) in [4.78, 5) is 13.8. The van der Waals surface area contributed by atoms with Crippen molar-refractivity contribution in [1.82, 2.24) is 14.8 Å². The Morgan fingerprint density at radius 1 is 1.29 bits per heavy atom. The lowest BCUT2D eigenvalue weighted by atomic mass is 9.96. The molecule has 0 aliphatic heterocycles.